The highest BCUT2D eigenvalue weighted by Gasteiger charge is 2.29. The van der Waals surface area contributed by atoms with Crippen molar-refractivity contribution in [3.05, 3.63) is 57.9 Å². The van der Waals surface area contributed by atoms with Crippen molar-refractivity contribution in [2.45, 2.75) is 51.2 Å². The first-order valence-corrected chi connectivity index (χ1v) is 8.78. The van der Waals surface area contributed by atoms with Gasteiger partial charge in [-0.2, -0.15) is 0 Å². The monoisotopic (exact) mass is 344 g/mol. The van der Waals surface area contributed by atoms with Crippen LogP contribution in [-0.2, 0) is 0 Å². The summed E-state index contributed by atoms with van der Waals surface area (Å²) in [6, 6.07) is 4.89. The van der Waals surface area contributed by atoms with Crippen molar-refractivity contribution in [2.24, 2.45) is 0 Å². The largest absolute Gasteiger partial charge is 0.467 e. The summed E-state index contributed by atoms with van der Waals surface area (Å²) in [6.45, 7) is 2.43. The molecule has 1 aliphatic rings. The average Bonchev–Trinajstić information content (AvgIpc) is 3.02. The number of likely N-dealkylation sites (tertiary alicyclic amines) is 1. The molecule has 0 saturated carbocycles. The molecule has 6 nitrogen and oxygen atoms in total. The van der Waals surface area contributed by atoms with Crippen molar-refractivity contribution in [1.82, 2.24) is 9.88 Å². The first-order valence-electron chi connectivity index (χ1n) is 8.78. The summed E-state index contributed by atoms with van der Waals surface area (Å²) in [5.41, 5.74) is 0.969. The predicted molar refractivity (Wildman–Crippen MR) is 93.4 cm³/mol. The Balaban J connectivity index is 1.82. The van der Waals surface area contributed by atoms with Crippen molar-refractivity contribution >= 4 is 5.91 Å². The van der Waals surface area contributed by atoms with Gasteiger partial charge in [0, 0.05) is 31.3 Å². The number of amides is 1. The van der Waals surface area contributed by atoms with Crippen LogP contribution in [-0.4, -0.2) is 33.5 Å². The zero-order chi connectivity index (χ0) is 17.8. The van der Waals surface area contributed by atoms with E-state index in [1.54, 1.807) is 19.1 Å². The molecular formula is C19H24N2O4. The number of hydrogen-bond donors (Lipinski definition) is 2. The normalized spacial score (nSPS) is 19.4. The Hall–Kier alpha value is -2.34. The van der Waals surface area contributed by atoms with Crippen LogP contribution >= 0.6 is 0 Å². The second-order valence-corrected chi connectivity index (χ2v) is 6.66. The number of carbonyl (C=O) groups is 1. The Kier molecular flexibility index (Phi) is 5.38. The minimum Gasteiger partial charge on any atom is -0.467 e. The number of aromatic amines is 1. The number of nitrogens with zero attached hydrogens (tertiary/aromatic N) is 1. The minimum absolute atomic E-state index is 0.0542. The highest BCUT2D eigenvalue weighted by Crippen LogP contribution is 2.28. The molecule has 1 fully saturated rings. The van der Waals surface area contributed by atoms with Crippen molar-refractivity contribution in [3.8, 4) is 0 Å². The number of nitrogens with one attached hydrogen (secondary N) is 1. The molecule has 3 heterocycles. The fourth-order valence-electron chi connectivity index (χ4n) is 3.50. The molecule has 2 atom stereocenters. The molecule has 2 aromatic heterocycles. The molecular weight excluding hydrogens is 320 g/mol. The zero-order valence-electron chi connectivity index (χ0n) is 14.4. The third kappa shape index (κ3) is 4.02. The van der Waals surface area contributed by atoms with Gasteiger partial charge in [-0.25, -0.2) is 0 Å². The van der Waals surface area contributed by atoms with E-state index in [2.05, 4.69) is 4.98 Å². The number of hydrogen-bond acceptors (Lipinski definition) is 4. The second-order valence-electron chi connectivity index (χ2n) is 6.66. The van der Waals surface area contributed by atoms with Crippen LogP contribution in [0.15, 0.2) is 39.9 Å². The van der Waals surface area contributed by atoms with E-state index in [9.17, 15) is 14.7 Å². The maximum Gasteiger partial charge on any atom is 0.255 e. The summed E-state index contributed by atoms with van der Waals surface area (Å²) in [5.74, 6) is 0.434. The maximum atomic E-state index is 13.1. The number of aliphatic hydroxyl groups is 1. The molecule has 0 spiro atoms. The van der Waals surface area contributed by atoms with Crippen LogP contribution in [0.5, 0.6) is 0 Å². The number of furan rings is 1. The Bertz CT molecular complexity index is 766. The van der Waals surface area contributed by atoms with E-state index in [-0.39, 0.29) is 17.5 Å². The summed E-state index contributed by atoms with van der Waals surface area (Å²) >= 11 is 0. The average molecular weight is 344 g/mol. The number of rotatable bonds is 4. The van der Waals surface area contributed by atoms with Gasteiger partial charge < -0.3 is 19.4 Å². The summed E-state index contributed by atoms with van der Waals surface area (Å²) in [5, 5.41) is 10.4. The standard InChI is InChI=1S/C19H24N2O4/c1-13-10-18(23)20-12-15(13)19(24)21-8-4-2-3-6-14(21)11-16(22)17-7-5-9-25-17/h5,7,9-10,12,14,16,22H,2-4,6,8,11H2,1H3,(H,20,23). The van der Waals surface area contributed by atoms with Crippen LogP contribution in [0.2, 0.25) is 0 Å². The van der Waals surface area contributed by atoms with E-state index < -0.39 is 6.10 Å². The zero-order valence-corrected chi connectivity index (χ0v) is 14.4. The third-order valence-electron chi connectivity index (χ3n) is 4.87. The van der Waals surface area contributed by atoms with Gasteiger partial charge in [0.25, 0.3) is 5.91 Å². The molecule has 6 heteroatoms. The quantitative estimate of drug-likeness (QED) is 0.893. The van der Waals surface area contributed by atoms with Gasteiger partial charge in [0.15, 0.2) is 0 Å². The highest BCUT2D eigenvalue weighted by molar-refractivity contribution is 5.95. The Labute approximate surface area is 146 Å². The van der Waals surface area contributed by atoms with Gasteiger partial charge in [0.1, 0.15) is 11.9 Å². The Morgan fingerprint density at radius 1 is 1.44 bits per heavy atom. The molecule has 2 unspecified atom stereocenters. The lowest BCUT2D eigenvalue weighted by Crippen LogP contribution is -2.41. The lowest BCUT2D eigenvalue weighted by molar-refractivity contribution is 0.0556. The smallest absolute Gasteiger partial charge is 0.255 e. The number of carbonyl (C=O) groups excluding carboxylic acids is 1. The van der Waals surface area contributed by atoms with Crippen molar-refractivity contribution in [3.63, 3.8) is 0 Å². The van der Waals surface area contributed by atoms with Crippen LogP contribution in [0.25, 0.3) is 0 Å². The van der Waals surface area contributed by atoms with Gasteiger partial charge in [-0.1, -0.05) is 12.8 Å². The Morgan fingerprint density at radius 3 is 3.00 bits per heavy atom. The SMILES string of the molecule is Cc1cc(=O)[nH]cc1C(=O)N1CCCCCC1CC(O)c1ccco1. The molecule has 1 aliphatic heterocycles. The molecule has 0 bridgehead atoms. The molecule has 25 heavy (non-hydrogen) atoms. The van der Waals surface area contributed by atoms with Crippen LogP contribution in [0.3, 0.4) is 0 Å². The lowest BCUT2D eigenvalue weighted by Gasteiger charge is -2.31. The van der Waals surface area contributed by atoms with Crippen LogP contribution < -0.4 is 5.56 Å². The van der Waals surface area contributed by atoms with Crippen molar-refractivity contribution in [1.29, 1.82) is 0 Å². The van der Waals surface area contributed by atoms with Crippen LogP contribution in [0.4, 0.5) is 0 Å². The highest BCUT2D eigenvalue weighted by atomic mass is 16.4. The van der Waals surface area contributed by atoms with E-state index in [4.69, 9.17) is 4.42 Å². The Morgan fingerprint density at radius 2 is 2.28 bits per heavy atom. The number of aryl methyl sites for hydroxylation is 1. The van der Waals surface area contributed by atoms with E-state index in [1.165, 1.54) is 18.5 Å². The molecule has 0 aliphatic carbocycles. The third-order valence-corrected chi connectivity index (χ3v) is 4.87. The van der Waals surface area contributed by atoms with Gasteiger partial charge in [-0.15, -0.1) is 0 Å². The molecule has 2 N–H and O–H groups in total. The number of aliphatic hydroxyl groups excluding tert-OH is 1. The molecule has 1 amide bonds. The van der Waals surface area contributed by atoms with Gasteiger partial charge >= 0.3 is 0 Å². The van der Waals surface area contributed by atoms with Crippen LogP contribution in [0, 0.1) is 6.92 Å². The van der Waals surface area contributed by atoms with E-state index in [0.29, 0.717) is 29.9 Å². The summed E-state index contributed by atoms with van der Waals surface area (Å²) < 4.78 is 5.29. The lowest BCUT2D eigenvalue weighted by atomic mass is 10.0. The number of H-pyrrole nitrogens is 1. The van der Waals surface area contributed by atoms with Crippen molar-refractivity contribution in [2.75, 3.05) is 6.54 Å². The molecule has 134 valence electrons. The summed E-state index contributed by atoms with van der Waals surface area (Å²) in [6.07, 6.45) is 6.65. The van der Waals surface area contributed by atoms with Gasteiger partial charge in [-0.3, -0.25) is 9.59 Å². The van der Waals surface area contributed by atoms with E-state index in [0.717, 1.165) is 25.7 Å². The second kappa shape index (κ2) is 7.70. The predicted octanol–water partition coefficient (Wildman–Crippen LogP) is 2.78. The molecule has 0 radical (unpaired) electrons. The first-order chi connectivity index (χ1) is 12.1. The maximum absolute atomic E-state index is 13.1. The topological polar surface area (TPSA) is 86.5 Å². The minimum atomic E-state index is -0.731. The van der Waals surface area contributed by atoms with Crippen LogP contribution in [0.1, 0.15) is 59.9 Å². The molecule has 1 saturated heterocycles. The summed E-state index contributed by atoms with van der Waals surface area (Å²) in [7, 11) is 0. The van der Waals surface area contributed by atoms with Gasteiger partial charge in [0.2, 0.25) is 5.56 Å². The number of aromatic nitrogens is 1. The van der Waals surface area contributed by atoms with Gasteiger partial charge in [0.05, 0.1) is 11.8 Å². The van der Waals surface area contributed by atoms with E-state index >= 15 is 0 Å². The van der Waals surface area contributed by atoms with Gasteiger partial charge in [-0.05, 0) is 37.5 Å². The fourth-order valence-corrected chi connectivity index (χ4v) is 3.50. The fraction of sp³-hybridized carbons (Fsp3) is 0.474. The van der Waals surface area contributed by atoms with E-state index in [1.807, 2.05) is 4.90 Å². The molecule has 3 rings (SSSR count). The molecule has 2 aromatic rings. The number of pyridine rings is 1. The molecule has 0 aromatic carbocycles. The first kappa shape index (κ1) is 17.5. The van der Waals surface area contributed by atoms with Crippen molar-refractivity contribution < 1.29 is 14.3 Å². The summed E-state index contributed by atoms with van der Waals surface area (Å²) in [4.78, 5) is 28.9.